The lowest BCUT2D eigenvalue weighted by molar-refractivity contribution is -0.883. The van der Waals surface area contributed by atoms with Gasteiger partial charge in [0.2, 0.25) is 0 Å². The minimum atomic E-state index is -4.45. The second-order valence-electron chi connectivity index (χ2n) is 4.76. The highest BCUT2D eigenvalue weighted by molar-refractivity contribution is 6.32. The molecule has 4 nitrogen and oxygen atoms in total. The fraction of sp³-hybridized carbons (Fsp3) is 0.500. The van der Waals surface area contributed by atoms with Crippen molar-refractivity contribution in [3.8, 4) is 0 Å². The summed E-state index contributed by atoms with van der Waals surface area (Å²) in [7, 11) is 2.11. The molecule has 0 unspecified atom stereocenters. The highest BCUT2D eigenvalue weighted by Crippen LogP contribution is 2.33. The van der Waals surface area contributed by atoms with E-state index in [9.17, 15) is 13.2 Å². The van der Waals surface area contributed by atoms with Gasteiger partial charge < -0.3 is 9.80 Å². The minimum absolute atomic E-state index is 0.101. The summed E-state index contributed by atoms with van der Waals surface area (Å²) in [5.74, 6) is 0.103. The van der Waals surface area contributed by atoms with Crippen LogP contribution in [0.3, 0.4) is 0 Å². The standard InChI is InChI=1S/C12H14ClF3N4/c1-19-2-4-20(5-3-19)8-18-11-10(13)6-9(7-17-11)12(14,15)16/h6-8H,2-5H2,1H3/p+1. The molecule has 1 aliphatic rings. The maximum Gasteiger partial charge on any atom is 0.417 e. The Morgan fingerprint density at radius 1 is 1.40 bits per heavy atom. The van der Waals surface area contributed by atoms with Crippen LogP contribution in [-0.2, 0) is 6.18 Å². The fourth-order valence-corrected chi connectivity index (χ4v) is 2.05. The molecule has 1 aliphatic heterocycles. The van der Waals surface area contributed by atoms with Crippen LogP contribution in [0.1, 0.15) is 5.56 Å². The number of nitrogens with one attached hydrogen (secondary N) is 1. The summed E-state index contributed by atoms with van der Waals surface area (Å²) in [6.07, 6.45) is -2.11. The lowest BCUT2D eigenvalue weighted by Crippen LogP contribution is -3.11. The Morgan fingerprint density at radius 3 is 2.60 bits per heavy atom. The van der Waals surface area contributed by atoms with Crippen LogP contribution >= 0.6 is 11.6 Å². The van der Waals surface area contributed by atoms with E-state index in [2.05, 4.69) is 17.0 Å². The van der Waals surface area contributed by atoms with Crippen molar-refractivity contribution >= 4 is 23.8 Å². The van der Waals surface area contributed by atoms with Gasteiger partial charge in [-0.3, -0.25) is 0 Å². The molecular weight excluding hydrogens is 293 g/mol. The number of quaternary nitrogens is 1. The molecule has 0 aromatic carbocycles. The Hall–Kier alpha value is -1.34. The molecule has 0 saturated carbocycles. The molecule has 1 aromatic rings. The van der Waals surface area contributed by atoms with Gasteiger partial charge in [-0.05, 0) is 6.07 Å². The van der Waals surface area contributed by atoms with Crippen molar-refractivity contribution < 1.29 is 18.1 Å². The summed E-state index contributed by atoms with van der Waals surface area (Å²) in [4.78, 5) is 11.2. The molecule has 2 rings (SSSR count). The van der Waals surface area contributed by atoms with Crippen LogP contribution in [0.4, 0.5) is 19.0 Å². The van der Waals surface area contributed by atoms with E-state index >= 15 is 0 Å². The van der Waals surface area contributed by atoms with E-state index in [1.165, 1.54) is 4.90 Å². The van der Waals surface area contributed by atoms with Crippen molar-refractivity contribution in [3.63, 3.8) is 0 Å². The summed E-state index contributed by atoms with van der Waals surface area (Å²) >= 11 is 5.78. The number of rotatable bonds is 2. The van der Waals surface area contributed by atoms with E-state index in [1.807, 2.05) is 4.90 Å². The van der Waals surface area contributed by atoms with Crippen molar-refractivity contribution in [1.29, 1.82) is 0 Å². The van der Waals surface area contributed by atoms with Crippen LogP contribution in [0.2, 0.25) is 5.02 Å². The Bertz CT molecular complexity index is 496. The van der Waals surface area contributed by atoms with Gasteiger partial charge in [0.05, 0.1) is 50.2 Å². The van der Waals surface area contributed by atoms with Gasteiger partial charge in [-0.2, -0.15) is 13.2 Å². The summed E-state index contributed by atoms with van der Waals surface area (Å²) in [6, 6.07) is 0.843. The molecule has 0 spiro atoms. The van der Waals surface area contributed by atoms with Crippen molar-refractivity contribution in [2.45, 2.75) is 6.18 Å². The Balaban J connectivity index is 2.06. The van der Waals surface area contributed by atoms with Gasteiger partial charge in [-0.15, -0.1) is 0 Å². The van der Waals surface area contributed by atoms with Gasteiger partial charge in [0.25, 0.3) is 0 Å². The normalized spacial score (nSPS) is 17.9. The average Bonchev–Trinajstić information content (AvgIpc) is 2.38. The number of piperazine rings is 1. The van der Waals surface area contributed by atoms with E-state index in [0.717, 1.165) is 38.4 Å². The number of nitrogens with zero attached hydrogens (tertiary/aromatic N) is 3. The van der Waals surface area contributed by atoms with E-state index in [0.29, 0.717) is 0 Å². The molecule has 0 radical (unpaired) electrons. The van der Waals surface area contributed by atoms with Gasteiger partial charge in [0.1, 0.15) is 0 Å². The van der Waals surface area contributed by atoms with Crippen molar-refractivity contribution in [3.05, 3.63) is 22.8 Å². The van der Waals surface area contributed by atoms with E-state index in [1.54, 1.807) is 6.34 Å². The predicted octanol–water partition coefficient (Wildman–Crippen LogP) is 1.24. The number of aromatic nitrogens is 1. The molecule has 0 aliphatic carbocycles. The van der Waals surface area contributed by atoms with Gasteiger partial charge in [-0.1, -0.05) is 11.6 Å². The maximum atomic E-state index is 12.5. The quantitative estimate of drug-likeness (QED) is 0.659. The Labute approximate surface area is 119 Å². The largest absolute Gasteiger partial charge is 0.417 e. The van der Waals surface area contributed by atoms with Crippen LogP contribution in [0.5, 0.6) is 0 Å². The van der Waals surface area contributed by atoms with Crippen molar-refractivity contribution in [2.75, 3.05) is 33.2 Å². The fourth-order valence-electron chi connectivity index (χ4n) is 1.84. The molecule has 1 saturated heterocycles. The molecule has 110 valence electrons. The molecule has 0 bridgehead atoms. The first-order valence-corrected chi connectivity index (χ1v) is 6.56. The molecular formula is C12H15ClF3N4+. The third-order valence-electron chi connectivity index (χ3n) is 3.14. The van der Waals surface area contributed by atoms with Crippen LogP contribution in [0.15, 0.2) is 17.3 Å². The second-order valence-corrected chi connectivity index (χ2v) is 5.17. The average molecular weight is 308 g/mol. The first kappa shape index (κ1) is 15.1. The van der Waals surface area contributed by atoms with Gasteiger partial charge >= 0.3 is 6.18 Å². The van der Waals surface area contributed by atoms with Gasteiger partial charge in [-0.25, -0.2) is 9.98 Å². The number of likely N-dealkylation sites (N-methyl/N-ethyl adjacent to an activating group) is 1. The van der Waals surface area contributed by atoms with E-state index < -0.39 is 11.7 Å². The first-order valence-electron chi connectivity index (χ1n) is 6.18. The number of pyridine rings is 1. The molecule has 1 N–H and O–H groups in total. The van der Waals surface area contributed by atoms with Crippen LogP contribution in [0.25, 0.3) is 0 Å². The van der Waals surface area contributed by atoms with E-state index in [-0.39, 0.29) is 10.8 Å². The smallest absolute Gasteiger partial charge is 0.351 e. The van der Waals surface area contributed by atoms with Crippen LogP contribution in [0, 0.1) is 0 Å². The highest BCUT2D eigenvalue weighted by Gasteiger charge is 2.31. The SMILES string of the molecule is C[NH+]1CCN(C=Nc2ncc(C(F)(F)F)cc2Cl)CC1. The third-order valence-corrected chi connectivity index (χ3v) is 3.42. The van der Waals surface area contributed by atoms with Crippen molar-refractivity contribution in [2.24, 2.45) is 4.99 Å². The van der Waals surface area contributed by atoms with Gasteiger partial charge in [0.15, 0.2) is 5.82 Å². The van der Waals surface area contributed by atoms with Crippen LogP contribution < -0.4 is 4.90 Å². The molecule has 20 heavy (non-hydrogen) atoms. The summed E-state index contributed by atoms with van der Waals surface area (Å²) in [6.45, 7) is 3.71. The molecule has 1 fully saturated rings. The summed E-state index contributed by atoms with van der Waals surface area (Å²) < 4.78 is 37.4. The predicted molar refractivity (Wildman–Crippen MR) is 70.6 cm³/mol. The number of hydrogen-bond donors (Lipinski definition) is 1. The van der Waals surface area contributed by atoms with Crippen molar-refractivity contribution in [1.82, 2.24) is 9.88 Å². The zero-order valence-electron chi connectivity index (χ0n) is 10.9. The number of aliphatic imine (C=N–C) groups is 1. The Morgan fingerprint density at radius 2 is 2.05 bits per heavy atom. The lowest BCUT2D eigenvalue weighted by atomic mass is 10.3. The summed E-state index contributed by atoms with van der Waals surface area (Å²) in [5.41, 5.74) is -0.871. The van der Waals surface area contributed by atoms with E-state index in [4.69, 9.17) is 11.6 Å². The minimum Gasteiger partial charge on any atom is -0.351 e. The molecule has 1 aromatic heterocycles. The highest BCUT2D eigenvalue weighted by atomic mass is 35.5. The maximum absolute atomic E-state index is 12.5. The molecule has 8 heteroatoms. The molecule has 0 amide bonds. The molecule has 0 atom stereocenters. The second kappa shape index (κ2) is 5.97. The number of halogens is 4. The van der Waals surface area contributed by atoms with Gasteiger partial charge in [0, 0.05) is 6.20 Å². The first-order chi connectivity index (χ1) is 9.36. The third kappa shape index (κ3) is 3.83. The number of hydrogen-bond acceptors (Lipinski definition) is 2. The summed E-state index contributed by atoms with van der Waals surface area (Å²) in [5, 5.41) is -0.101. The zero-order valence-corrected chi connectivity index (χ0v) is 11.7. The Kier molecular flexibility index (Phi) is 4.49. The topological polar surface area (TPSA) is 32.9 Å². The monoisotopic (exact) mass is 307 g/mol. The van der Waals surface area contributed by atoms with Crippen LogP contribution in [-0.4, -0.2) is 49.4 Å². The number of alkyl halides is 3. The lowest BCUT2D eigenvalue weighted by Gasteiger charge is -2.28. The zero-order chi connectivity index (χ0) is 14.8. The molecule has 2 heterocycles.